The number of halogens is 1. The van der Waals surface area contributed by atoms with E-state index in [0.29, 0.717) is 28.0 Å². The van der Waals surface area contributed by atoms with Crippen molar-refractivity contribution in [2.75, 3.05) is 12.8 Å². The van der Waals surface area contributed by atoms with Gasteiger partial charge in [0.05, 0.1) is 12.8 Å². The van der Waals surface area contributed by atoms with E-state index in [1.165, 1.54) is 13.4 Å². The van der Waals surface area contributed by atoms with Crippen LogP contribution in [-0.2, 0) is 0 Å². The molecule has 0 unspecified atom stereocenters. The van der Waals surface area contributed by atoms with E-state index in [1.807, 2.05) is 12.1 Å². The minimum absolute atomic E-state index is 0.302. The van der Waals surface area contributed by atoms with E-state index in [-0.39, 0.29) is 0 Å². The van der Waals surface area contributed by atoms with Gasteiger partial charge in [-0.15, -0.1) is 0 Å². The highest BCUT2D eigenvalue weighted by molar-refractivity contribution is 6.30. The number of aromatic nitrogens is 4. The van der Waals surface area contributed by atoms with Crippen molar-refractivity contribution in [2.45, 2.75) is 0 Å². The first-order chi connectivity index (χ1) is 9.20. The zero-order valence-corrected chi connectivity index (χ0v) is 10.8. The van der Waals surface area contributed by atoms with Crippen molar-refractivity contribution in [1.82, 2.24) is 19.5 Å². The van der Waals surface area contributed by atoms with Gasteiger partial charge in [-0.3, -0.25) is 4.57 Å². The Bertz CT molecular complexity index is 755. The SMILES string of the molecule is COc1ncnc2c1nc(N)n2-c1cccc(Cl)c1. The molecule has 0 bridgehead atoms. The molecule has 96 valence electrons. The number of imidazole rings is 1. The number of methoxy groups -OCH3 is 1. The van der Waals surface area contributed by atoms with Crippen molar-refractivity contribution >= 4 is 28.7 Å². The third kappa shape index (κ3) is 1.86. The van der Waals surface area contributed by atoms with E-state index in [1.54, 1.807) is 16.7 Å². The van der Waals surface area contributed by atoms with Crippen LogP contribution >= 0.6 is 11.6 Å². The predicted octanol–water partition coefficient (Wildman–Crippen LogP) is 2.06. The van der Waals surface area contributed by atoms with Gasteiger partial charge < -0.3 is 10.5 Å². The highest BCUT2D eigenvalue weighted by atomic mass is 35.5. The molecule has 3 rings (SSSR count). The number of anilines is 1. The summed E-state index contributed by atoms with van der Waals surface area (Å²) < 4.78 is 6.85. The molecule has 1 aromatic carbocycles. The molecule has 0 radical (unpaired) electrons. The van der Waals surface area contributed by atoms with Gasteiger partial charge in [-0.25, -0.2) is 9.97 Å². The number of fused-ring (bicyclic) bond motifs is 1. The molecule has 7 heteroatoms. The second-order valence-corrected chi connectivity index (χ2v) is 4.28. The second-order valence-electron chi connectivity index (χ2n) is 3.84. The van der Waals surface area contributed by atoms with Crippen molar-refractivity contribution in [1.29, 1.82) is 0 Å². The molecule has 3 aromatic rings. The van der Waals surface area contributed by atoms with Crippen molar-refractivity contribution in [3.63, 3.8) is 0 Å². The number of hydrogen-bond acceptors (Lipinski definition) is 5. The number of benzene rings is 1. The first-order valence-corrected chi connectivity index (χ1v) is 5.87. The molecule has 0 amide bonds. The van der Waals surface area contributed by atoms with Crippen molar-refractivity contribution in [3.05, 3.63) is 35.6 Å². The zero-order valence-electron chi connectivity index (χ0n) is 10.0. The van der Waals surface area contributed by atoms with Crippen LogP contribution in [0.5, 0.6) is 5.88 Å². The maximum Gasteiger partial charge on any atom is 0.245 e. The zero-order chi connectivity index (χ0) is 13.4. The molecule has 19 heavy (non-hydrogen) atoms. The molecule has 0 aliphatic carbocycles. The molecular formula is C12H10ClN5O. The summed E-state index contributed by atoms with van der Waals surface area (Å²) in [6.45, 7) is 0. The van der Waals surface area contributed by atoms with Crippen LogP contribution in [0, 0.1) is 0 Å². The molecule has 6 nitrogen and oxygen atoms in total. The fraction of sp³-hybridized carbons (Fsp3) is 0.0833. The summed E-state index contributed by atoms with van der Waals surface area (Å²) in [5.41, 5.74) is 7.82. The van der Waals surface area contributed by atoms with Gasteiger partial charge in [0, 0.05) is 5.02 Å². The van der Waals surface area contributed by atoms with E-state index in [0.717, 1.165) is 5.69 Å². The minimum atomic E-state index is 0.302. The third-order valence-electron chi connectivity index (χ3n) is 2.70. The van der Waals surface area contributed by atoms with Crippen LogP contribution in [0.25, 0.3) is 16.9 Å². The molecule has 0 atom stereocenters. The Morgan fingerprint density at radius 2 is 2.16 bits per heavy atom. The minimum Gasteiger partial charge on any atom is -0.479 e. The van der Waals surface area contributed by atoms with E-state index < -0.39 is 0 Å². The first-order valence-electron chi connectivity index (χ1n) is 5.49. The molecule has 0 fully saturated rings. The van der Waals surface area contributed by atoms with Gasteiger partial charge in [-0.05, 0) is 18.2 Å². The fourth-order valence-corrected chi connectivity index (χ4v) is 2.09. The Balaban J connectivity index is 2.32. The standard InChI is InChI=1S/C12H10ClN5O/c1-19-11-9-10(15-6-16-11)18(12(14)17-9)8-4-2-3-7(13)5-8/h2-6H,1H3,(H2,14,17). The number of hydrogen-bond donors (Lipinski definition) is 1. The van der Waals surface area contributed by atoms with Gasteiger partial charge in [-0.2, -0.15) is 4.98 Å². The maximum atomic E-state index is 5.99. The van der Waals surface area contributed by atoms with Gasteiger partial charge in [0.25, 0.3) is 0 Å². The highest BCUT2D eigenvalue weighted by Gasteiger charge is 2.15. The first kappa shape index (κ1) is 11.7. The van der Waals surface area contributed by atoms with Crippen LogP contribution < -0.4 is 10.5 Å². The lowest BCUT2D eigenvalue weighted by Gasteiger charge is -2.06. The van der Waals surface area contributed by atoms with E-state index >= 15 is 0 Å². The van der Waals surface area contributed by atoms with Gasteiger partial charge in [0.1, 0.15) is 6.33 Å². The molecule has 0 saturated carbocycles. The highest BCUT2D eigenvalue weighted by Crippen LogP contribution is 2.27. The Morgan fingerprint density at radius 1 is 1.32 bits per heavy atom. The molecular weight excluding hydrogens is 266 g/mol. The summed E-state index contributed by atoms with van der Waals surface area (Å²) in [6, 6.07) is 7.28. The van der Waals surface area contributed by atoms with Crippen molar-refractivity contribution < 1.29 is 4.74 Å². The van der Waals surface area contributed by atoms with Gasteiger partial charge in [0.2, 0.25) is 11.8 Å². The predicted molar refractivity (Wildman–Crippen MR) is 72.6 cm³/mol. The van der Waals surface area contributed by atoms with Crippen LogP contribution in [0.15, 0.2) is 30.6 Å². The normalized spacial score (nSPS) is 10.8. The molecule has 2 aromatic heterocycles. The number of nitrogens with zero attached hydrogens (tertiary/aromatic N) is 4. The smallest absolute Gasteiger partial charge is 0.245 e. The molecule has 2 heterocycles. The largest absolute Gasteiger partial charge is 0.479 e. The van der Waals surface area contributed by atoms with Gasteiger partial charge in [0.15, 0.2) is 11.2 Å². The number of rotatable bonds is 2. The quantitative estimate of drug-likeness (QED) is 0.774. The molecule has 0 spiro atoms. The van der Waals surface area contributed by atoms with Gasteiger partial charge in [-0.1, -0.05) is 17.7 Å². The number of nitrogens with two attached hydrogens (primary N) is 1. The van der Waals surface area contributed by atoms with Crippen LogP contribution in [0.3, 0.4) is 0 Å². The van der Waals surface area contributed by atoms with Crippen molar-refractivity contribution in [2.24, 2.45) is 0 Å². The fourth-order valence-electron chi connectivity index (χ4n) is 1.91. The summed E-state index contributed by atoms with van der Waals surface area (Å²) in [5, 5.41) is 0.611. The van der Waals surface area contributed by atoms with Crippen LogP contribution in [0.4, 0.5) is 5.95 Å². The Labute approximate surface area is 113 Å². The molecule has 0 aliphatic heterocycles. The lowest BCUT2D eigenvalue weighted by atomic mass is 10.3. The molecule has 0 saturated heterocycles. The number of nitrogen functional groups attached to an aromatic ring is 1. The average Bonchev–Trinajstić information content (AvgIpc) is 2.74. The Morgan fingerprint density at radius 3 is 2.89 bits per heavy atom. The lowest BCUT2D eigenvalue weighted by molar-refractivity contribution is 0.401. The Hall–Kier alpha value is -2.34. The van der Waals surface area contributed by atoms with Gasteiger partial charge >= 0.3 is 0 Å². The monoisotopic (exact) mass is 275 g/mol. The van der Waals surface area contributed by atoms with E-state index in [9.17, 15) is 0 Å². The van der Waals surface area contributed by atoms with E-state index in [4.69, 9.17) is 22.1 Å². The average molecular weight is 276 g/mol. The van der Waals surface area contributed by atoms with Crippen LogP contribution in [0.1, 0.15) is 0 Å². The molecule has 0 aliphatic rings. The van der Waals surface area contributed by atoms with Crippen LogP contribution in [0.2, 0.25) is 5.02 Å². The summed E-state index contributed by atoms with van der Waals surface area (Å²) in [5.74, 6) is 0.688. The summed E-state index contributed by atoms with van der Waals surface area (Å²) in [7, 11) is 1.52. The van der Waals surface area contributed by atoms with E-state index in [2.05, 4.69) is 15.0 Å². The summed E-state index contributed by atoms with van der Waals surface area (Å²) >= 11 is 5.99. The lowest BCUT2D eigenvalue weighted by Crippen LogP contribution is -2.01. The Kier molecular flexibility index (Phi) is 2.72. The molecule has 2 N–H and O–H groups in total. The topological polar surface area (TPSA) is 78.8 Å². The maximum absolute atomic E-state index is 5.99. The van der Waals surface area contributed by atoms with Crippen molar-refractivity contribution in [3.8, 4) is 11.6 Å². The second kappa shape index (κ2) is 4.40. The number of ether oxygens (including phenoxy) is 1. The summed E-state index contributed by atoms with van der Waals surface area (Å²) in [6.07, 6.45) is 1.41. The summed E-state index contributed by atoms with van der Waals surface area (Å²) in [4.78, 5) is 12.4. The third-order valence-corrected chi connectivity index (χ3v) is 2.93. The van der Waals surface area contributed by atoms with Crippen LogP contribution in [-0.4, -0.2) is 26.6 Å².